The van der Waals surface area contributed by atoms with E-state index in [1.807, 2.05) is 0 Å². The van der Waals surface area contributed by atoms with Gasteiger partial charge in [-0.25, -0.2) is 0 Å². The number of aromatic nitrogens is 3. The van der Waals surface area contributed by atoms with Gasteiger partial charge in [-0.1, -0.05) is 0 Å². The molecule has 0 bridgehead atoms. The summed E-state index contributed by atoms with van der Waals surface area (Å²) < 4.78 is 95.2. The zero-order chi connectivity index (χ0) is 28.4. The molecular formula is C21H18N6O9S3. The van der Waals surface area contributed by atoms with Crippen molar-refractivity contribution in [2.24, 2.45) is 0 Å². The van der Waals surface area contributed by atoms with Crippen molar-refractivity contribution in [1.29, 1.82) is 0 Å². The molecule has 0 amide bonds. The number of rotatable bonds is 9. The standard InChI is InChI=1S/C21H18N6O9S3/c28-37(29,30)16-7-1-13(2-8-16)22-19-25-20(23-14-3-9-17(10-4-14)38(31,32)33)27-21(26-19)24-15-5-11-18(12-6-15)39(34,35)36/h1-12H,(H,28,29,30)(H,31,32,33)(H,34,35,36)(H3,22,23,24,25,26,27). The highest BCUT2D eigenvalue weighted by Gasteiger charge is 2.13. The normalized spacial score (nSPS) is 12.1. The molecule has 0 aliphatic heterocycles. The van der Waals surface area contributed by atoms with Crippen molar-refractivity contribution in [2.45, 2.75) is 14.7 Å². The van der Waals surface area contributed by atoms with Gasteiger partial charge in [-0.05, 0) is 72.8 Å². The van der Waals surface area contributed by atoms with E-state index in [1.54, 1.807) is 0 Å². The SMILES string of the molecule is O=S(=O)(O)c1ccc(Nc2nc(Nc3ccc(S(=O)(=O)O)cc3)nc(Nc3ccc(S(=O)(=O)O)cc3)n2)cc1. The minimum atomic E-state index is -4.40. The first-order valence-electron chi connectivity index (χ1n) is 10.5. The number of nitrogens with zero attached hydrogens (tertiary/aromatic N) is 3. The Kier molecular flexibility index (Phi) is 7.50. The maximum atomic E-state index is 11.3. The summed E-state index contributed by atoms with van der Waals surface area (Å²) in [6.07, 6.45) is 0. The summed E-state index contributed by atoms with van der Waals surface area (Å²) in [7, 11) is -13.2. The predicted molar refractivity (Wildman–Crippen MR) is 138 cm³/mol. The Morgan fingerprint density at radius 3 is 0.795 bits per heavy atom. The first-order valence-corrected chi connectivity index (χ1v) is 14.8. The second-order valence-corrected chi connectivity index (χ2v) is 11.9. The molecule has 204 valence electrons. The van der Waals surface area contributed by atoms with Gasteiger partial charge in [0.25, 0.3) is 30.4 Å². The van der Waals surface area contributed by atoms with E-state index >= 15 is 0 Å². The van der Waals surface area contributed by atoms with E-state index in [0.29, 0.717) is 17.1 Å². The van der Waals surface area contributed by atoms with Crippen molar-refractivity contribution < 1.29 is 38.9 Å². The van der Waals surface area contributed by atoms with Crippen LogP contribution in [0, 0.1) is 0 Å². The molecule has 4 rings (SSSR count). The van der Waals surface area contributed by atoms with Crippen LogP contribution in [0.25, 0.3) is 0 Å². The molecule has 39 heavy (non-hydrogen) atoms. The quantitative estimate of drug-likeness (QED) is 0.153. The van der Waals surface area contributed by atoms with Crippen molar-refractivity contribution >= 4 is 65.3 Å². The molecule has 1 aromatic heterocycles. The highest BCUT2D eigenvalue weighted by molar-refractivity contribution is 7.86. The van der Waals surface area contributed by atoms with E-state index in [2.05, 4.69) is 30.9 Å². The molecule has 6 N–H and O–H groups in total. The number of benzene rings is 3. The lowest BCUT2D eigenvalue weighted by Gasteiger charge is -2.12. The number of hydrogen-bond acceptors (Lipinski definition) is 12. The molecule has 18 heteroatoms. The molecular weight excluding hydrogens is 576 g/mol. The fourth-order valence-corrected chi connectivity index (χ4v) is 4.50. The Balaban J connectivity index is 1.65. The molecule has 3 aromatic carbocycles. The van der Waals surface area contributed by atoms with Crippen LogP contribution in [-0.4, -0.2) is 53.9 Å². The highest BCUT2D eigenvalue weighted by atomic mass is 32.2. The summed E-state index contributed by atoms with van der Waals surface area (Å²) in [5, 5.41) is 8.55. The van der Waals surface area contributed by atoms with Gasteiger partial charge >= 0.3 is 0 Å². The van der Waals surface area contributed by atoms with Crippen LogP contribution in [0.2, 0.25) is 0 Å². The Hall–Kier alpha value is -4.20. The monoisotopic (exact) mass is 594 g/mol. The average Bonchev–Trinajstić information content (AvgIpc) is 2.83. The molecule has 1 heterocycles. The zero-order valence-electron chi connectivity index (χ0n) is 19.3. The van der Waals surface area contributed by atoms with Gasteiger partial charge < -0.3 is 16.0 Å². The number of anilines is 6. The van der Waals surface area contributed by atoms with Gasteiger partial charge in [0.15, 0.2) is 0 Å². The molecule has 4 aromatic rings. The van der Waals surface area contributed by atoms with E-state index in [1.165, 1.54) is 36.4 Å². The van der Waals surface area contributed by atoms with Crippen LogP contribution in [0.15, 0.2) is 87.5 Å². The van der Waals surface area contributed by atoms with Gasteiger partial charge in [0, 0.05) is 17.1 Å². The van der Waals surface area contributed by atoms with Crippen LogP contribution >= 0.6 is 0 Å². The first kappa shape index (κ1) is 27.8. The van der Waals surface area contributed by atoms with Crippen LogP contribution in [0.5, 0.6) is 0 Å². The molecule has 0 saturated heterocycles. The second kappa shape index (κ2) is 10.5. The zero-order valence-corrected chi connectivity index (χ0v) is 21.7. The third-order valence-electron chi connectivity index (χ3n) is 4.86. The summed E-state index contributed by atoms with van der Waals surface area (Å²) >= 11 is 0. The van der Waals surface area contributed by atoms with E-state index in [4.69, 9.17) is 13.7 Å². The van der Waals surface area contributed by atoms with Crippen molar-refractivity contribution in [2.75, 3.05) is 16.0 Å². The van der Waals surface area contributed by atoms with Crippen molar-refractivity contribution in [3.8, 4) is 0 Å². The van der Waals surface area contributed by atoms with E-state index < -0.39 is 30.4 Å². The Labute approximate surface area is 222 Å². The molecule has 0 saturated carbocycles. The molecule has 0 fully saturated rings. The smallest absolute Gasteiger partial charge is 0.294 e. The molecule has 0 atom stereocenters. The third kappa shape index (κ3) is 7.44. The van der Waals surface area contributed by atoms with Gasteiger partial charge in [0.05, 0.1) is 14.7 Å². The summed E-state index contributed by atoms with van der Waals surface area (Å²) in [5.74, 6) is -0.0869. The van der Waals surface area contributed by atoms with Crippen molar-refractivity contribution in [3.05, 3.63) is 72.8 Å². The predicted octanol–water partition coefficient (Wildman–Crippen LogP) is 2.84. The van der Waals surface area contributed by atoms with Crippen molar-refractivity contribution in [1.82, 2.24) is 15.0 Å². The largest absolute Gasteiger partial charge is 0.324 e. The van der Waals surface area contributed by atoms with Gasteiger partial charge in [0.2, 0.25) is 17.8 Å². The van der Waals surface area contributed by atoms with Crippen LogP contribution in [0.1, 0.15) is 0 Å². The van der Waals surface area contributed by atoms with Crippen LogP contribution in [0.3, 0.4) is 0 Å². The van der Waals surface area contributed by atoms with Crippen LogP contribution in [-0.2, 0) is 30.4 Å². The Morgan fingerprint density at radius 2 is 0.615 bits per heavy atom. The first-order chi connectivity index (χ1) is 18.2. The maximum Gasteiger partial charge on any atom is 0.294 e. The number of nitrogens with one attached hydrogen (secondary N) is 3. The highest BCUT2D eigenvalue weighted by Crippen LogP contribution is 2.23. The third-order valence-corrected chi connectivity index (χ3v) is 7.46. The van der Waals surface area contributed by atoms with Gasteiger partial charge in [0.1, 0.15) is 0 Å². The van der Waals surface area contributed by atoms with E-state index in [0.717, 1.165) is 36.4 Å². The topological polar surface area (TPSA) is 238 Å². The summed E-state index contributed by atoms with van der Waals surface area (Å²) in [6, 6.07) is 15.1. The second-order valence-electron chi connectivity index (χ2n) is 7.68. The number of hydrogen-bond donors (Lipinski definition) is 6. The minimum Gasteiger partial charge on any atom is -0.324 e. The maximum absolute atomic E-state index is 11.3. The summed E-state index contributed by atoms with van der Waals surface area (Å²) in [4.78, 5) is 11.7. The average molecular weight is 595 g/mol. The van der Waals surface area contributed by atoms with Gasteiger partial charge in [-0.2, -0.15) is 40.2 Å². The summed E-state index contributed by atoms with van der Waals surface area (Å²) in [6.45, 7) is 0. The van der Waals surface area contributed by atoms with E-state index in [9.17, 15) is 25.3 Å². The minimum absolute atomic E-state index is 0.0290. The van der Waals surface area contributed by atoms with Crippen LogP contribution in [0.4, 0.5) is 34.9 Å². The molecule has 0 unspecified atom stereocenters. The molecule has 0 spiro atoms. The lowest BCUT2D eigenvalue weighted by atomic mass is 10.3. The molecule has 0 aliphatic carbocycles. The van der Waals surface area contributed by atoms with Gasteiger partial charge in [-0.3, -0.25) is 13.7 Å². The Bertz CT molecular complexity index is 1600. The lowest BCUT2D eigenvalue weighted by molar-refractivity contribution is 0.481. The fraction of sp³-hybridized carbons (Fsp3) is 0. The van der Waals surface area contributed by atoms with E-state index in [-0.39, 0.29) is 32.5 Å². The molecule has 15 nitrogen and oxygen atoms in total. The van der Waals surface area contributed by atoms with Crippen LogP contribution < -0.4 is 16.0 Å². The molecule has 0 radical (unpaired) electrons. The van der Waals surface area contributed by atoms with Gasteiger partial charge in [-0.15, -0.1) is 0 Å². The summed E-state index contributed by atoms with van der Waals surface area (Å²) in [5.41, 5.74) is 1.04. The molecule has 0 aliphatic rings. The lowest BCUT2D eigenvalue weighted by Crippen LogP contribution is -2.08. The Morgan fingerprint density at radius 1 is 0.410 bits per heavy atom. The fourth-order valence-electron chi connectivity index (χ4n) is 3.06. The van der Waals surface area contributed by atoms with Crippen molar-refractivity contribution in [3.63, 3.8) is 0 Å².